The van der Waals surface area contributed by atoms with E-state index in [1.165, 1.54) is 5.56 Å². The summed E-state index contributed by atoms with van der Waals surface area (Å²) in [5.41, 5.74) is 2.12. The van der Waals surface area contributed by atoms with Crippen molar-refractivity contribution in [2.45, 2.75) is 19.3 Å². The Hall–Kier alpha value is -2.29. The fourth-order valence-electron chi connectivity index (χ4n) is 2.01. The number of carbonyl (C=O) groups is 1. The van der Waals surface area contributed by atoms with Gasteiger partial charge in [-0.3, -0.25) is 4.79 Å². The summed E-state index contributed by atoms with van der Waals surface area (Å²) < 4.78 is 5.68. The van der Waals surface area contributed by atoms with Crippen molar-refractivity contribution in [3.8, 4) is 5.75 Å². The van der Waals surface area contributed by atoms with Crippen molar-refractivity contribution in [3.63, 3.8) is 0 Å². The lowest BCUT2D eigenvalue weighted by atomic mass is 10.1. The molecule has 2 aromatic rings. The number of aryl methyl sites for hydroxylation is 1. The van der Waals surface area contributed by atoms with E-state index in [1.54, 1.807) is 0 Å². The van der Waals surface area contributed by atoms with Gasteiger partial charge in [0.15, 0.2) is 0 Å². The van der Waals surface area contributed by atoms with Gasteiger partial charge in [0.1, 0.15) is 5.75 Å². The molecule has 3 heteroatoms. The van der Waals surface area contributed by atoms with E-state index in [0.29, 0.717) is 13.0 Å². The van der Waals surface area contributed by atoms with Gasteiger partial charge in [-0.05, 0) is 37.0 Å². The fraction of sp³-hybridized carbons (Fsp3) is 0.235. The second-order valence-corrected chi connectivity index (χ2v) is 4.58. The van der Waals surface area contributed by atoms with Crippen LogP contribution in [0.1, 0.15) is 18.4 Å². The molecule has 1 amide bonds. The molecule has 0 radical (unpaired) electrons. The van der Waals surface area contributed by atoms with Gasteiger partial charge in [-0.2, -0.15) is 0 Å². The topological polar surface area (TPSA) is 38.3 Å². The number of anilines is 1. The van der Waals surface area contributed by atoms with E-state index in [0.717, 1.165) is 30.7 Å². The first kappa shape index (κ1) is 14.1. The molecule has 20 heavy (non-hydrogen) atoms. The SMILES string of the molecule is O=CNc1cccc(OCCCCc2ccccc2)c1. The summed E-state index contributed by atoms with van der Waals surface area (Å²) in [6.45, 7) is 0.692. The van der Waals surface area contributed by atoms with E-state index < -0.39 is 0 Å². The smallest absolute Gasteiger partial charge is 0.211 e. The Balaban J connectivity index is 1.68. The van der Waals surface area contributed by atoms with Crippen molar-refractivity contribution in [1.29, 1.82) is 0 Å². The van der Waals surface area contributed by atoms with E-state index in [2.05, 4.69) is 29.6 Å². The summed E-state index contributed by atoms with van der Waals surface area (Å²) in [5, 5.41) is 2.61. The number of amides is 1. The third kappa shape index (κ3) is 4.76. The lowest BCUT2D eigenvalue weighted by Crippen LogP contribution is -1.99. The summed E-state index contributed by atoms with van der Waals surface area (Å²) in [7, 11) is 0. The molecular weight excluding hydrogens is 250 g/mol. The number of unbranched alkanes of at least 4 members (excludes halogenated alkanes) is 1. The van der Waals surface area contributed by atoms with Crippen LogP contribution in [0.3, 0.4) is 0 Å². The van der Waals surface area contributed by atoms with Crippen LogP contribution < -0.4 is 10.1 Å². The number of benzene rings is 2. The highest BCUT2D eigenvalue weighted by molar-refractivity contribution is 5.71. The molecule has 3 nitrogen and oxygen atoms in total. The molecule has 0 fully saturated rings. The number of carbonyl (C=O) groups excluding carboxylic acids is 1. The minimum atomic E-state index is 0.666. The number of ether oxygens (including phenoxy) is 1. The molecular formula is C17H19NO2. The summed E-state index contributed by atoms with van der Waals surface area (Å²) >= 11 is 0. The highest BCUT2D eigenvalue weighted by Gasteiger charge is 1.97. The van der Waals surface area contributed by atoms with Crippen LogP contribution in [0.15, 0.2) is 54.6 Å². The van der Waals surface area contributed by atoms with E-state index in [4.69, 9.17) is 4.74 Å². The zero-order chi connectivity index (χ0) is 14.0. The molecule has 0 heterocycles. The predicted molar refractivity (Wildman–Crippen MR) is 81.0 cm³/mol. The molecule has 0 spiro atoms. The third-order valence-corrected chi connectivity index (χ3v) is 3.03. The zero-order valence-electron chi connectivity index (χ0n) is 11.4. The monoisotopic (exact) mass is 269 g/mol. The molecule has 0 aromatic heterocycles. The quantitative estimate of drug-likeness (QED) is 0.586. The Morgan fingerprint density at radius 2 is 1.85 bits per heavy atom. The van der Waals surface area contributed by atoms with Crippen molar-refractivity contribution in [2.24, 2.45) is 0 Å². The van der Waals surface area contributed by atoms with Crippen LogP contribution in [0, 0.1) is 0 Å². The molecule has 2 rings (SSSR count). The minimum Gasteiger partial charge on any atom is -0.494 e. The van der Waals surface area contributed by atoms with Crippen LogP contribution in [-0.2, 0) is 11.2 Å². The van der Waals surface area contributed by atoms with E-state index in [1.807, 2.05) is 30.3 Å². The largest absolute Gasteiger partial charge is 0.494 e. The lowest BCUT2D eigenvalue weighted by Gasteiger charge is -2.07. The fourth-order valence-corrected chi connectivity index (χ4v) is 2.01. The molecule has 104 valence electrons. The van der Waals surface area contributed by atoms with Gasteiger partial charge in [-0.25, -0.2) is 0 Å². The van der Waals surface area contributed by atoms with Crippen molar-refractivity contribution in [3.05, 3.63) is 60.2 Å². The van der Waals surface area contributed by atoms with Gasteiger partial charge in [0, 0.05) is 11.8 Å². The van der Waals surface area contributed by atoms with E-state index >= 15 is 0 Å². The summed E-state index contributed by atoms with van der Waals surface area (Å²) in [6, 6.07) is 17.9. The average Bonchev–Trinajstić information content (AvgIpc) is 2.49. The van der Waals surface area contributed by atoms with Gasteiger partial charge >= 0.3 is 0 Å². The van der Waals surface area contributed by atoms with E-state index in [-0.39, 0.29) is 0 Å². The second kappa shape index (κ2) is 8.00. The van der Waals surface area contributed by atoms with Gasteiger partial charge in [0.25, 0.3) is 0 Å². The maximum atomic E-state index is 10.4. The molecule has 0 bridgehead atoms. The molecule has 1 N–H and O–H groups in total. The van der Waals surface area contributed by atoms with Crippen LogP contribution in [0.25, 0.3) is 0 Å². The Morgan fingerprint density at radius 3 is 2.65 bits per heavy atom. The Morgan fingerprint density at radius 1 is 1.00 bits per heavy atom. The van der Waals surface area contributed by atoms with Gasteiger partial charge in [0.05, 0.1) is 6.61 Å². The summed E-state index contributed by atoms with van der Waals surface area (Å²) in [4.78, 5) is 10.4. The number of nitrogens with one attached hydrogen (secondary N) is 1. The van der Waals surface area contributed by atoms with Crippen LogP contribution >= 0.6 is 0 Å². The Kier molecular flexibility index (Phi) is 5.65. The van der Waals surface area contributed by atoms with Crippen molar-refractivity contribution in [2.75, 3.05) is 11.9 Å². The lowest BCUT2D eigenvalue weighted by molar-refractivity contribution is -0.105. The number of hydrogen-bond donors (Lipinski definition) is 1. The molecule has 0 unspecified atom stereocenters. The van der Waals surface area contributed by atoms with Crippen molar-refractivity contribution in [1.82, 2.24) is 0 Å². The second-order valence-electron chi connectivity index (χ2n) is 4.58. The zero-order valence-corrected chi connectivity index (χ0v) is 11.4. The minimum absolute atomic E-state index is 0.666. The maximum Gasteiger partial charge on any atom is 0.211 e. The summed E-state index contributed by atoms with van der Waals surface area (Å²) in [5.74, 6) is 0.788. The number of hydrogen-bond acceptors (Lipinski definition) is 2. The normalized spacial score (nSPS) is 10.0. The molecule has 2 aromatic carbocycles. The molecule has 0 saturated heterocycles. The molecule has 0 aliphatic rings. The van der Waals surface area contributed by atoms with E-state index in [9.17, 15) is 4.79 Å². The molecule has 0 saturated carbocycles. The predicted octanol–water partition coefficient (Wildman–Crippen LogP) is 3.66. The molecule has 0 atom stereocenters. The Bertz CT molecular complexity index is 526. The third-order valence-electron chi connectivity index (χ3n) is 3.03. The highest BCUT2D eigenvalue weighted by atomic mass is 16.5. The van der Waals surface area contributed by atoms with Crippen LogP contribution in [0.5, 0.6) is 5.75 Å². The van der Waals surface area contributed by atoms with Crippen LogP contribution in [0.4, 0.5) is 5.69 Å². The summed E-state index contributed by atoms with van der Waals surface area (Å²) in [6.07, 6.45) is 3.87. The van der Waals surface area contributed by atoms with Crippen molar-refractivity contribution < 1.29 is 9.53 Å². The van der Waals surface area contributed by atoms with Gasteiger partial charge in [0.2, 0.25) is 6.41 Å². The molecule has 0 aliphatic heterocycles. The number of rotatable bonds is 8. The first-order valence-corrected chi connectivity index (χ1v) is 6.85. The Labute approximate surface area is 119 Å². The first-order chi connectivity index (χ1) is 9.88. The van der Waals surface area contributed by atoms with Gasteiger partial charge < -0.3 is 10.1 Å². The van der Waals surface area contributed by atoms with Crippen LogP contribution in [0.2, 0.25) is 0 Å². The van der Waals surface area contributed by atoms with Crippen molar-refractivity contribution >= 4 is 12.1 Å². The maximum absolute atomic E-state index is 10.4. The standard InChI is InChI=1S/C17H19NO2/c19-14-18-16-10-6-11-17(13-16)20-12-5-4-9-15-7-2-1-3-8-15/h1-3,6-8,10-11,13-14H,4-5,9,12H2,(H,18,19). The van der Waals surface area contributed by atoms with Gasteiger partial charge in [-0.1, -0.05) is 36.4 Å². The average molecular weight is 269 g/mol. The van der Waals surface area contributed by atoms with Crippen LogP contribution in [-0.4, -0.2) is 13.0 Å². The highest BCUT2D eigenvalue weighted by Crippen LogP contribution is 2.17. The first-order valence-electron chi connectivity index (χ1n) is 6.85. The molecule has 0 aliphatic carbocycles. The van der Waals surface area contributed by atoms with Gasteiger partial charge in [-0.15, -0.1) is 0 Å².